The standard InChI is InChI=1S/C86H138N16O14/c1-52(2)43-61(90)74(103)91-62(35-22-25-39-87)75(104)92-63(36-23-26-40-88)76(105)93-64(37-24-27-41-89)77(106)94-65(44-53(3)4)78(107)95-67(46-55(7)8)80(109)100-71(48-57(11)12)85(114)102-42-28-38-73(102)84(113)99-70(50-59-31-18-14-19-32-59)83(112)96-66(45-54(5)6)79(108)98-69(49-58-29-16-13-17-30-58)82(111)97-68(47-56(9)10)81(110)101-72(86(115)116)51-60-33-20-15-21-34-60/h13-21,29-34,52-57,61-73H,22-28,35-51,87-90H2,1-12H3,(H,91,103)(H,92,104)(H,93,105)(H,94,106)(H,95,107)(H,96,112)(H,97,111)(H,98,108)(H,99,113)(H,100,109)(H,101,110)(H,115,116)/t61-,62-,63-,64-,65-,66-,67-,68-,69-,70-,71-,72-,73-/m0/s1. The first kappa shape index (κ1) is 99.0. The molecule has 20 N–H and O–H groups in total. The Morgan fingerprint density at radius 1 is 0.336 bits per heavy atom. The summed E-state index contributed by atoms with van der Waals surface area (Å²) in [5, 5.41) is 41.3. The Labute approximate surface area is 686 Å². The molecule has 0 aliphatic carbocycles. The van der Waals surface area contributed by atoms with E-state index in [1.54, 1.807) is 91.0 Å². The fraction of sp³-hybridized carbons (Fsp3) is 0.640. The van der Waals surface area contributed by atoms with E-state index < -0.39 is 155 Å². The largest absolute Gasteiger partial charge is 0.480 e. The zero-order chi connectivity index (χ0) is 86.1. The third kappa shape index (κ3) is 36.4. The average Bonchev–Trinajstić information content (AvgIpc) is 1.58. The number of nitrogens with two attached hydrogens (primary N) is 4. The monoisotopic (exact) mass is 1620 g/mol. The van der Waals surface area contributed by atoms with Crippen molar-refractivity contribution in [3.8, 4) is 0 Å². The lowest BCUT2D eigenvalue weighted by Crippen LogP contribution is -2.61. The van der Waals surface area contributed by atoms with Crippen LogP contribution in [-0.4, -0.2) is 192 Å². The zero-order valence-electron chi connectivity index (χ0n) is 70.6. The summed E-state index contributed by atoms with van der Waals surface area (Å²) in [5.74, 6) is -10.3. The van der Waals surface area contributed by atoms with E-state index >= 15 is 9.59 Å². The van der Waals surface area contributed by atoms with Crippen molar-refractivity contribution in [2.75, 3.05) is 26.2 Å². The van der Waals surface area contributed by atoms with Crippen LogP contribution < -0.4 is 81.4 Å². The number of carboxylic acid groups (broad SMARTS) is 1. The average molecular weight is 1620 g/mol. The number of amides is 12. The summed E-state index contributed by atoms with van der Waals surface area (Å²) >= 11 is 0. The highest BCUT2D eigenvalue weighted by Gasteiger charge is 2.42. The number of carbonyl (C=O) groups is 13. The van der Waals surface area contributed by atoms with Gasteiger partial charge in [-0.1, -0.05) is 174 Å². The van der Waals surface area contributed by atoms with Crippen molar-refractivity contribution in [2.24, 2.45) is 58.4 Å². The van der Waals surface area contributed by atoms with Gasteiger partial charge in [0.15, 0.2) is 0 Å². The van der Waals surface area contributed by atoms with Crippen molar-refractivity contribution >= 4 is 76.9 Å². The summed E-state index contributed by atoms with van der Waals surface area (Å²) in [6.07, 6.45) is 4.61. The number of likely N-dealkylation sites (tertiary alicyclic amines) is 1. The molecule has 3 aromatic rings. The van der Waals surface area contributed by atoms with Gasteiger partial charge in [-0.05, 0) is 181 Å². The van der Waals surface area contributed by atoms with Crippen LogP contribution in [0.2, 0.25) is 0 Å². The van der Waals surface area contributed by atoms with Gasteiger partial charge in [-0.25, -0.2) is 4.79 Å². The first-order valence-electron chi connectivity index (χ1n) is 41.9. The molecule has 3 aromatic carbocycles. The number of nitrogens with one attached hydrogen (secondary N) is 11. The van der Waals surface area contributed by atoms with Gasteiger partial charge < -0.3 is 91.4 Å². The van der Waals surface area contributed by atoms with Crippen molar-refractivity contribution in [1.82, 2.24) is 63.4 Å². The number of aliphatic carboxylic acids is 1. The van der Waals surface area contributed by atoms with E-state index in [0.29, 0.717) is 81.1 Å². The summed E-state index contributed by atoms with van der Waals surface area (Å²) < 4.78 is 0. The van der Waals surface area contributed by atoms with E-state index in [4.69, 9.17) is 22.9 Å². The van der Waals surface area contributed by atoms with E-state index in [-0.39, 0.29) is 126 Å². The fourth-order valence-electron chi connectivity index (χ4n) is 14.1. The van der Waals surface area contributed by atoms with Gasteiger partial charge in [0, 0.05) is 25.8 Å². The van der Waals surface area contributed by atoms with Gasteiger partial charge in [-0.2, -0.15) is 0 Å². The van der Waals surface area contributed by atoms with E-state index in [0.717, 1.165) is 0 Å². The minimum atomic E-state index is -1.34. The number of unbranched alkanes of at least 4 members (excludes halogenated alkanes) is 3. The molecule has 0 unspecified atom stereocenters. The Morgan fingerprint density at radius 3 is 0.914 bits per heavy atom. The molecule has 1 aliphatic heterocycles. The maximum Gasteiger partial charge on any atom is 0.326 e. The number of rotatable bonds is 54. The molecule has 0 radical (unpaired) electrons. The highest BCUT2D eigenvalue weighted by Crippen LogP contribution is 2.23. The number of hydrogen-bond acceptors (Lipinski definition) is 17. The molecule has 1 heterocycles. The third-order valence-corrected chi connectivity index (χ3v) is 20.1. The van der Waals surface area contributed by atoms with Crippen LogP contribution in [0.4, 0.5) is 0 Å². The second-order valence-corrected chi connectivity index (χ2v) is 33.5. The lowest BCUT2D eigenvalue weighted by molar-refractivity contribution is -0.143. The maximum absolute atomic E-state index is 15.2. The fourth-order valence-corrected chi connectivity index (χ4v) is 14.1. The molecule has 0 spiro atoms. The van der Waals surface area contributed by atoms with Crippen molar-refractivity contribution in [3.63, 3.8) is 0 Å². The first-order chi connectivity index (χ1) is 55.0. The number of nitrogens with zero attached hydrogens (tertiary/aromatic N) is 1. The van der Waals surface area contributed by atoms with Crippen LogP contribution in [0.15, 0.2) is 91.0 Å². The van der Waals surface area contributed by atoms with E-state index in [2.05, 4.69) is 58.5 Å². The Hall–Kier alpha value is -9.39. The molecule has 0 bridgehead atoms. The Kier molecular flexibility index (Phi) is 44.6. The number of benzene rings is 3. The van der Waals surface area contributed by atoms with Crippen molar-refractivity contribution in [2.45, 2.75) is 290 Å². The minimum Gasteiger partial charge on any atom is -0.480 e. The topological polar surface area (TPSA) is 482 Å². The SMILES string of the molecule is CC(C)C[C@H](NC(=O)[C@H](Cc1ccccc1)NC(=O)[C@H](CC(C)C)NC(=O)[C@H](Cc1ccccc1)NC(=O)[C@@H]1CCCN1C(=O)[C@H](CC(C)C)NC(=O)[C@H](CC(C)C)NC(=O)[C@H](CC(C)C)NC(=O)[C@H](CCCCN)NC(=O)[C@H](CCCCN)NC(=O)[C@H](CCCCN)NC(=O)[C@@H](N)CC(C)C)C(=O)N[C@@H](Cc1ccccc1)C(=O)O. The number of carbonyl (C=O) groups excluding carboxylic acids is 12. The normalized spacial score (nSPS) is 15.9. The molecule has 646 valence electrons. The summed E-state index contributed by atoms with van der Waals surface area (Å²) in [7, 11) is 0. The zero-order valence-corrected chi connectivity index (χ0v) is 70.6. The smallest absolute Gasteiger partial charge is 0.326 e. The molecule has 0 aromatic heterocycles. The highest BCUT2D eigenvalue weighted by molar-refractivity contribution is 6.00. The lowest BCUT2D eigenvalue weighted by Gasteiger charge is -2.32. The van der Waals surface area contributed by atoms with Crippen molar-refractivity contribution in [3.05, 3.63) is 108 Å². The van der Waals surface area contributed by atoms with Crippen LogP contribution in [0.5, 0.6) is 0 Å². The second-order valence-electron chi connectivity index (χ2n) is 33.5. The van der Waals surface area contributed by atoms with Crippen LogP contribution in [0.1, 0.15) is 209 Å². The Balaban J connectivity index is 1.61. The van der Waals surface area contributed by atoms with Gasteiger partial charge >= 0.3 is 5.97 Å². The second kappa shape index (κ2) is 52.3. The third-order valence-electron chi connectivity index (χ3n) is 20.1. The van der Waals surface area contributed by atoms with Gasteiger partial charge in [0.25, 0.3) is 0 Å². The minimum absolute atomic E-state index is 0.0218. The number of carboxylic acids is 1. The van der Waals surface area contributed by atoms with Gasteiger partial charge in [0.1, 0.15) is 72.5 Å². The highest BCUT2D eigenvalue weighted by atomic mass is 16.4. The predicted molar refractivity (Wildman–Crippen MR) is 447 cm³/mol. The molecule has 0 saturated carbocycles. The molecule has 13 atom stereocenters. The quantitative estimate of drug-likeness (QED) is 0.0353. The van der Waals surface area contributed by atoms with Crippen molar-refractivity contribution < 1.29 is 67.4 Å². The summed E-state index contributed by atoms with van der Waals surface area (Å²) in [4.78, 5) is 189. The van der Waals surface area contributed by atoms with Crippen LogP contribution in [0, 0.1) is 35.5 Å². The molecule has 116 heavy (non-hydrogen) atoms. The molecule has 1 fully saturated rings. The number of hydrogen-bond donors (Lipinski definition) is 16. The van der Waals surface area contributed by atoms with Gasteiger partial charge in [0.05, 0.1) is 6.04 Å². The molecular weight excluding hydrogens is 1480 g/mol. The summed E-state index contributed by atoms with van der Waals surface area (Å²) in [6.45, 7) is 23.4. The first-order valence-corrected chi connectivity index (χ1v) is 41.9. The van der Waals surface area contributed by atoms with Crippen LogP contribution >= 0.6 is 0 Å². The van der Waals surface area contributed by atoms with Crippen LogP contribution in [-0.2, 0) is 81.6 Å². The molecule has 30 heteroatoms. The summed E-state index contributed by atoms with van der Waals surface area (Å²) in [6, 6.07) is 10.8. The van der Waals surface area contributed by atoms with Crippen LogP contribution in [0.3, 0.4) is 0 Å². The van der Waals surface area contributed by atoms with Crippen molar-refractivity contribution in [1.29, 1.82) is 0 Å². The molecule has 12 amide bonds. The molecule has 1 aliphatic rings. The van der Waals surface area contributed by atoms with E-state index in [9.17, 15) is 57.8 Å². The maximum atomic E-state index is 15.2. The Bertz CT molecular complexity index is 3570. The van der Waals surface area contributed by atoms with E-state index in [1.165, 1.54) is 4.90 Å². The predicted octanol–water partition coefficient (Wildman–Crippen LogP) is 4.11. The van der Waals surface area contributed by atoms with Crippen LogP contribution in [0.25, 0.3) is 0 Å². The van der Waals surface area contributed by atoms with E-state index in [1.807, 2.05) is 83.1 Å². The molecule has 1 saturated heterocycles. The van der Waals surface area contributed by atoms with Gasteiger partial charge in [-0.3, -0.25) is 57.5 Å². The molecule has 30 nitrogen and oxygen atoms in total. The molecule has 4 rings (SSSR count). The lowest BCUT2D eigenvalue weighted by atomic mass is 9.98. The Morgan fingerprint density at radius 2 is 0.595 bits per heavy atom. The molecular formula is C86H138N16O14. The summed E-state index contributed by atoms with van der Waals surface area (Å²) in [5.41, 5.74) is 25.7. The van der Waals surface area contributed by atoms with Gasteiger partial charge in [0.2, 0.25) is 70.9 Å². The van der Waals surface area contributed by atoms with Gasteiger partial charge in [-0.15, -0.1) is 0 Å².